The first-order valence-electron chi connectivity index (χ1n) is 5.29. The smallest absolute Gasteiger partial charge is 0.0635 e. The van der Waals surface area contributed by atoms with E-state index in [4.69, 9.17) is 5.26 Å². The Bertz CT molecular complexity index is 375. The summed E-state index contributed by atoms with van der Waals surface area (Å²) in [4.78, 5) is 0. The molecule has 0 aliphatic heterocycles. The number of nitriles is 1. The van der Waals surface area contributed by atoms with Crippen LogP contribution in [0, 0.1) is 32.1 Å². The van der Waals surface area contributed by atoms with Gasteiger partial charge in [0.25, 0.3) is 0 Å². The fourth-order valence-electron chi connectivity index (χ4n) is 1.58. The summed E-state index contributed by atoms with van der Waals surface area (Å²) in [6, 6.07) is 6.57. The molecule has 15 heavy (non-hydrogen) atoms. The highest BCUT2D eigenvalue weighted by atomic mass is 14.8. The zero-order chi connectivity index (χ0) is 11.3. The lowest BCUT2D eigenvalue weighted by Crippen LogP contribution is -2.15. The van der Waals surface area contributed by atoms with E-state index in [0.717, 1.165) is 13.1 Å². The Morgan fingerprint density at radius 1 is 1.13 bits per heavy atom. The zero-order valence-electron chi connectivity index (χ0n) is 9.72. The maximum absolute atomic E-state index is 8.41. The molecule has 1 aromatic carbocycles. The normalized spacial score (nSPS) is 10.0. The first-order valence-corrected chi connectivity index (χ1v) is 5.29. The highest BCUT2D eigenvalue weighted by Crippen LogP contribution is 2.14. The molecule has 0 heterocycles. The van der Waals surface area contributed by atoms with Gasteiger partial charge in [-0.1, -0.05) is 12.1 Å². The van der Waals surface area contributed by atoms with Crippen molar-refractivity contribution in [2.24, 2.45) is 0 Å². The highest BCUT2D eigenvalue weighted by Gasteiger charge is 2.00. The van der Waals surface area contributed by atoms with Crippen LogP contribution < -0.4 is 5.32 Å². The van der Waals surface area contributed by atoms with Crippen molar-refractivity contribution < 1.29 is 0 Å². The van der Waals surface area contributed by atoms with Gasteiger partial charge in [-0.25, -0.2) is 0 Å². The van der Waals surface area contributed by atoms with E-state index in [1.54, 1.807) is 0 Å². The van der Waals surface area contributed by atoms with Crippen molar-refractivity contribution in [2.75, 3.05) is 6.54 Å². The van der Waals surface area contributed by atoms with E-state index in [0.29, 0.717) is 6.42 Å². The lowest BCUT2D eigenvalue weighted by atomic mass is 10.0. The molecule has 0 atom stereocenters. The SMILES string of the molecule is Cc1cc(C)c(CNCCC#N)cc1C. The number of hydrogen-bond acceptors (Lipinski definition) is 2. The first-order chi connectivity index (χ1) is 7.15. The second-order valence-electron chi connectivity index (χ2n) is 3.95. The third kappa shape index (κ3) is 3.38. The van der Waals surface area contributed by atoms with Crippen molar-refractivity contribution in [3.05, 3.63) is 34.4 Å². The Morgan fingerprint density at radius 2 is 1.80 bits per heavy atom. The van der Waals surface area contributed by atoms with Gasteiger partial charge in [0.15, 0.2) is 0 Å². The maximum Gasteiger partial charge on any atom is 0.0635 e. The molecule has 0 saturated carbocycles. The molecule has 80 valence electrons. The van der Waals surface area contributed by atoms with Crippen LogP contribution in [0.25, 0.3) is 0 Å². The fraction of sp³-hybridized carbons (Fsp3) is 0.462. The Kier molecular flexibility index (Phi) is 4.33. The van der Waals surface area contributed by atoms with Crippen LogP contribution in [-0.4, -0.2) is 6.54 Å². The molecule has 0 aliphatic carbocycles. The first kappa shape index (κ1) is 11.7. The Labute approximate surface area is 91.9 Å². The van der Waals surface area contributed by atoms with E-state index < -0.39 is 0 Å². The van der Waals surface area contributed by atoms with Crippen molar-refractivity contribution in [1.29, 1.82) is 5.26 Å². The minimum atomic E-state index is 0.573. The molecular formula is C13H18N2. The number of benzene rings is 1. The summed E-state index contributed by atoms with van der Waals surface area (Å²) in [6.07, 6.45) is 0.573. The van der Waals surface area contributed by atoms with Gasteiger partial charge >= 0.3 is 0 Å². The van der Waals surface area contributed by atoms with Crippen LogP contribution in [0.2, 0.25) is 0 Å². The summed E-state index contributed by atoms with van der Waals surface area (Å²) in [5.74, 6) is 0. The lowest BCUT2D eigenvalue weighted by molar-refractivity contribution is 0.696. The van der Waals surface area contributed by atoms with Crippen molar-refractivity contribution in [3.8, 4) is 6.07 Å². The van der Waals surface area contributed by atoms with Gasteiger partial charge < -0.3 is 5.32 Å². The fourth-order valence-corrected chi connectivity index (χ4v) is 1.58. The predicted octanol–water partition coefficient (Wildman–Crippen LogP) is 2.62. The van der Waals surface area contributed by atoms with Gasteiger partial charge in [0.1, 0.15) is 0 Å². The standard InChI is InChI=1S/C13H18N2/c1-10-7-12(3)13(8-11(10)2)9-15-6-4-5-14/h7-8,15H,4,6,9H2,1-3H3. The Morgan fingerprint density at radius 3 is 2.47 bits per heavy atom. The molecule has 0 aliphatic rings. The van der Waals surface area contributed by atoms with E-state index in [2.05, 4.69) is 44.3 Å². The molecule has 2 nitrogen and oxygen atoms in total. The Hall–Kier alpha value is -1.33. The average Bonchev–Trinajstić information content (AvgIpc) is 2.20. The summed E-state index contributed by atoms with van der Waals surface area (Å²) >= 11 is 0. The predicted molar refractivity (Wildman–Crippen MR) is 62.6 cm³/mol. The van der Waals surface area contributed by atoms with Crippen LogP contribution in [0.3, 0.4) is 0 Å². The molecule has 0 aromatic heterocycles. The molecule has 0 unspecified atom stereocenters. The molecule has 0 spiro atoms. The van der Waals surface area contributed by atoms with Gasteiger partial charge in [0.2, 0.25) is 0 Å². The van der Waals surface area contributed by atoms with Gasteiger partial charge in [-0.15, -0.1) is 0 Å². The van der Waals surface area contributed by atoms with Crippen LogP contribution in [0.4, 0.5) is 0 Å². The van der Waals surface area contributed by atoms with Crippen LogP contribution in [0.1, 0.15) is 28.7 Å². The van der Waals surface area contributed by atoms with Crippen LogP contribution in [0.5, 0.6) is 0 Å². The van der Waals surface area contributed by atoms with Gasteiger partial charge in [0.05, 0.1) is 6.07 Å². The molecule has 0 fully saturated rings. The quantitative estimate of drug-likeness (QED) is 0.762. The molecule has 0 bridgehead atoms. The molecule has 0 radical (unpaired) electrons. The molecule has 0 amide bonds. The van der Waals surface area contributed by atoms with E-state index in [1.807, 2.05) is 0 Å². The summed E-state index contributed by atoms with van der Waals surface area (Å²) in [5, 5.41) is 11.7. The third-order valence-electron chi connectivity index (χ3n) is 2.68. The van der Waals surface area contributed by atoms with E-state index >= 15 is 0 Å². The number of hydrogen-bond donors (Lipinski definition) is 1. The summed E-state index contributed by atoms with van der Waals surface area (Å²) in [6.45, 7) is 8.02. The molecule has 2 heteroatoms. The summed E-state index contributed by atoms with van der Waals surface area (Å²) < 4.78 is 0. The minimum Gasteiger partial charge on any atom is -0.312 e. The third-order valence-corrected chi connectivity index (χ3v) is 2.68. The van der Waals surface area contributed by atoms with Crippen LogP contribution in [-0.2, 0) is 6.54 Å². The van der Waals surface area contributed by atoms with Crippen molar-refractivity contribution in [3.63, 3.8) is 0 Å². The average molecular weight is 202 g/mol. The summed E-state index contributed by atoms with van der Waals surface area (Å²) in [5.41, 5.74) is 5.32. The second kappa shape index (κ2) is 5.53. The molecule has 0 saturated heterocycles. The zero-order valence-corrected chi connectivity index (χ0v) is 9.72. The largest absolute Gasteiger partial charge is 0.312 e. The summed E-state index contributed by atoms with van der Waals surface area (Å²) in [7, 11) is 0. The van der Waals surface area contributed by atoms with E-state index in [1.165, 1.54) is 22.3 Å². The second-order valence-corrected chi connectivity index (χ2v) is 3.95. The van der Waals surface area contributed by atoms with Gasteiger partial charge in [-0.05, 0) is 43.0 Å². The van der Waals surface area contributed by atoms with Gasteiger partial charge in [-0.2, -0.15) is 5.26 Å². The number of aryl methyl sites for hydroxylation is 3. The van der Waals surface area contributed by atoms with Crippen molar-refractivity contribution in [2.45, 2.75) is 33.7 Å². The Balaban J connectivity index is 2.62. The van der Waals surface area contributed by atoms with Crippen LogP contribution in [0.15, 0.2) is 12.1 Å². The van der Waals surface area contributed by atoms with Crippen LogP contribution >= 0.6 is 0 Å². The van der Waals surface area contributed by atoms with Gasteiger partial charge in [0, 0.05) is 19.5 Å². The van der Waals surface area contributed by atoms with Gasteiger partial charge in [-0.3, -0.25) is 0 Å². The molecular weight excluding hydrogens is 184 g/mol. The topological polar surface area (TPSA) is 35.8 Å². The van der Waals surface area contributed by atoms with E-state index in [9.17, 15) is 0 Å². The highest BCUT2D eigenvalue weighted by molar-refractivity contribution is 5.36. The lowest BCUT2D eigenvalue weighted by Gasteiger charge is -2.10. The van der Waals surface area contributed by atoms with Crippen molar-refractivity contribution >= 4 is 0 Å². The minimum absolute atomic E-state index is 0.573. The van der Waals surface area contributed by atoms with E-state index in [-0.39, 0.29) is 0 Å². The maximum atomic E-state index is 8.41. The molecule has 1 aromatic rings. The molecule has 1 rings (SSSR count). The van der Waals surface area contributed by atoms with Crippen molar-refractivity contribution in [1.82, 2.24) is 5.32 Å². The monoisotopic (exact) mass is 202 g/mol. The number of nitrogens with one attached hydrogen (secondary N) is 1. The number of rotatable bonds is 4. The molecule has 1 N–H and O–H groups in total. The number of nitrogens with zero attached hydrogens (tertiary/aromatic N) is 1.